The van der Waals surface area contributed by atoms with Crippen molar-refractivity contribution in [3.05, 3.63) is 0 Å². The summed E-state index contributed by atoms with van der Waals surface area (Å²) in [5.41, 5.74) is 0. The standard InChI is InChI=1S/C11H23NS/c1-3-12-8-9-13-11-6-4-10(2)5-7-11/h10-12H,3-9H2,1-2H3. The van der Waals surface area contributed by atoms with Crippen LogP contribution in [0.25, 0.3) is 0 Å². The van der Waals surface area contributed by atoms with Crippen molar-refractivity contribution < 1.29 is 0 Å². The Kier molecular flexibility index (Phi) is 5.88. The van der Waals surface area contributed by atoms with Crippen LogP contribution in [0.3, 0.4) is 0 Å². The van der Waals surface area contributed by atoms with E-state index in [1.165, 1.54) is 38.0 Å². The number of thioether (sulfide) groups is 1. The van der Waals surface area contributed by atoms with Gasteiger partial charge in [-0.1, -0.05) is 13.8 Å². The van der Waals surface area contributed by atoms with Crippen molar-refractivity contribution in [1.82, 2.24) is 5.32 Å². The van der Waals surface area contributed by atoms with Gasteiger partial charge in [0.05, 0.1) is 0 Å². The number of hydrogen-bond donors (Lipinski definition) is 1. The van der Waals surface area contributed by atoms with Gasteiger partial charge in [0.15, 0.2) is 0 Å². The van der Waals surface area contributed by atoms with Gasteiger partial charge in [0.2, 0.25) is 0 Å². The van der Waals surface area contributed by atoms with Crippen molar-refractivity contribution in [3.63, 3.8) is 0 Å². The molecule has 1 rings (SSSR count). The predicted octanol–water partition coefficient (Wildman–Crippen LogP) is 2.91. The lowest BCUT2D eigenvalue weighted by atomic mass is 9.91. The van der Waals surface area contributed by atoms with Gasteiger partial charge in [-0.15, -0.1) is 0 Å². The molecule has 0 saturated heterocycles. The van der Waals surface area contributed by atoms with Crippen LogP contribution in [0.2, 0.25) is 0 Å². The van der Waals surface area contributed by atoms with Gasteiger partial charge in [0.1, 0.15) is 0 Å². The van der Waals surface area contributed by atoms with Crippen LogP contribution in [0.4, 0.5) is 0 Å². The Balaban J connectivity index is 1.96. The maximum atomic E-state index is 3.38. The van der Waals surface area contributed by atoms with E-state index >= 15 is 0 Å². The SMILES string of the molecule is CCNCCSC1CCC(C)CC1. The molecule has 0 bridgehead atoms. The summed E-state index contributed by atoms with van der Waals surface area (Å²) in [5, 5.41) is 4.34. The molecule has 0 radical (unpaired) electrons. The molecular formula is C11H23NS. The van der Waals surface area contributed by atoms with Gasteiger partial charge < -0.3 is 5.32 Å². The second-order valence-corrected chi connectivity index (χ2v) is 5.51. The second kappa shape index (κ2) is 6.72. The third-order valence-corrected chi connectivity index (χ3v) is 4.23. The van der Waals surface area contributed by atoms with E-state index in [9.17, 15) is 0 Å². The highest BCUT2D eigenvalue weighted by molar-refractivity contribution is 7.99. The lowest BCUT2D eigenvalue weighted by molar-refractivity contribution is 0.393. The average molecular weight is 201 g/mol. The highest BCUT2D eigenvalue weighted by Gasteiger charge is 2.17. The summed E-state index contributed by atoms with van der Waals surface area (Å²) in [6, 6.07) is 0. The summed E-state index contributed by atoms with van der Waals surface area (Å²) in [7, 11) is 0. The molecule has 0 aromatic rings. The van der Waals surface area contributed by atoms with Gasteiger partial charge in [-0.2, -0.15) is 11.8 Å². The maximum Gasteiger partial charge on any atom is 0.00608 e. The normalized spacial score (nSPS) is 29.1. The lowest BCUT2D eigenvalue weighted by Gasteiger charge is -2.25. The molecule has 0 heterocycles. The minimum absolute atomic E-state index is 0.967. The lowest BCUT2D eigenvalue weighted by Crippen LogP contribution is -2.19. The highest BCUT2D eigenvalue weighted by Crippen LogP contribution is 2.31. The van der Waals surface area contributed by atoms with Crippen LogP contribution in [-0.4, -0.2) is 24.1 Å². The van der Waals surface area contributed by atoms with Crippen LogP contribution < -0.4 is 5.32 Å². The Morgan fingerprint density at radius 2 is 1.92 bits per heavy atom. The van der Waals surface area contributed by atoms with Crippen LogP contribution in [0.15, 0.2) is 0 Å². The van der Waals surface area contributed by atoms with E-state index in [4.69, 9.17) is 0 Å². The van der Waals surface area contributed by atoms with Crippen LogP contribution in [0, 0.1) is 5.92 Å². The van der Waals surface area contributed by atoms with Gasteiger partial charge in [0.25, 0.3) is 0 Å². The monoisotopic (exact) mass is 201 g/mol. The topological polar surface area (TPSA) is 12.0 Å². The quantitative estimate of drug-likeness (QED) is 0.686. The Morgan fingerprint density at radius 1 is 1.23 bits per heavy atom. The molecule has 1 aliphatic rings. The summed E-state index contributed by atoms with van der Waals surface area (Å²) in [5.74, 6) is 2.29. The van der Waals surface area contributed by atoms with E-state index in [1.807, 2.05) is 0 Å². The van der Waals surface area contributed by atoms with Gasteiger partial charge in [-0.25, -0.2) is 0 Å². The van der Waals surface area contributed by atoms with E-state index in [1.54, 1.807) is 0 Å². The van der Waals surface area contributed by atoms with Gasteiger partial charge in [0, 0.05) is 17.5 Å². The minimum Gasteiger partial charge on any atom is -0.316 e. The smallest absolute Gasteiger partial charge is 0.00608 e. The molecule has 0 spiro atoms. The zero-order valence-electron chi connectivity index (χ0n) is 9.01. The molecule has 0 unspecified atom stereocenters. The van der Waals surface area contributed by atoms with Crippen LogP contribution in [0.1, 0.15) is 39.5 Å². The van der Waals surface area contributed by atoms with E-state index < -0.39 is 0 Å². The Morgan fingerprint density at radius 3 is 2.54 bits per heavy atom. The fraction of sp³-hybridized carbons (Fsp3) is 1.00. The Labute approximate surface area is 87.1 Å². The average Bonchev–Trinajstić information content (AvgIpc) is 2.15. The molecular weight excluding hydrogens is 178 g/mol. The fourth-order valence-electron chi connectivity index (χ4n) is 1.87. The molecule has 1 saturated carbocycles. The van der Waals surface area contributed by atoms with E-state index in [-0.39, 0.29) is 0 Å². The number of nitrogens with one attached hydrogen (secondary N) is 1. The first-order valence-corrected chi connectivity index (χ1v) is 6.70. The first-order chi connectivity index (χ1) is 6.33. The molecule has 1 N–H and O–H groups in total. The molecule has 0 atom stereocenters. The summed E-state index contributed by atoms with van der Waals surface area (Å²) >= 11 is 2.18. The summed E-state index contributed by atoms with van der Waals surface area (Å²) in [6.45, 7) is 6.86. The third-order valence-electron chi connectivity index (χ3n) is 2.85. The molecule has 1 fully saturated rings. The van der Waals surface area contributed by atoms with Crippen molar-refractivity contribution in [2.24, 2.45) is 5.92 Å². The molecule has 0 amide bonds. The van der Waals surface area contributed by atoms with Crippen molar-refractivity contribution >= 4 is 11.8 Å². The van der Waals surface area contributed by atoms with E-state index in [0.717, 1.165) is 17.7 Å². The molecule has 1 aliphatic carbocycles. The second-order valence-electron chi connectivity index (χ2n) is 4.11. The van der Waals surface area contributed by atoms with Crippen LogP contribution in [0.5, 0.6) is 0 Å². The molecule has 1 nitrogen and oxygen atoms in total. The van der Waals surface area contributed by atoms with Gasteiger partial charge >= 0.3 is 0 Å². The number of rotatable bonds is 5. The van der Waals surface area contributed by atoms with Crippen molar-refractivity contribution in [2.75, 3.05) is 18.8 Å². The zero-order chi connectivity index (χ0) is 9.52. The summed E-state index contributed by atoms with van der Waals surface area (Å²) < 4.78 is 0. The molecule has 0 aliphatic heterocycles. The third kappa shape index (κ3) is 4.92. The first-order valence-electron chi connectivity index (χ1n) is 5.65. The summed E-state index contributed by atoms with van der Waals surface area (Å²) in [6.07, 6.45) is 5.83. The van der Waals surface area contributed by atoms with Crippen molar-refractivity contribution in [2.45, 2.75) is 44.8 Å². The molecule has 2 heteroatoms. The zero-order valence-corrected chi connectivity index (χ0v) is 9.83. The van der Waals surface area contributed by atoms with Gasteiger partial charge in [-0.3, -0.25) is 0 Å². The molecule has 78 valence electrons. The fourth-order valence-corrected chi connectivity index (χ4v) is 3.07. The molecule has 13 heavy (non-hydrogen) atoms. The molecule has 0 aromatic heterocycles. The van der Waals surface area contributed by atoms with E-state index in [2.05, 4.69) is 30.9 Å². The van der Waals surface area contributed by atoms with Crippen molar-refractivity contribution in [1.29, 1.82) is 0 Å². The predicted molar refractivity (Wildman–Crippen MR) is 62.4 cm³/mol. The van der Waals surface area contributed by atoms with Crippen LogP contribution >= 0.6 is 11.8 Å². The van der Waals surface area contributed by atoms with Gasteiger partial charge in [-0.05, 0) is 38.1 Å². The van der Waals surface area contributed by atoms with Crippen LogP contribution in [-0.2, 0) is 0 Å². The van der Waals surface area contributed by atoms with Crippen molar-refractivity contribution in [3.8, 4) is 0 Å². The van der Waals surface area contributed by atoms with E-state index in [0.29, 0.717) is 0 Å². The Bertz CT molecular complexity index is 119. The highest BCUT2D eigenvalue weighted by atomic mass is 32.2. The number of hydrogen-bond acceptors (Lipinski definition) is 2. The first kappa shape index (κ1) is 11.4. The molecule has 0 aromatic carbocycles. The summed E-state index contributed by atoms with van der Waals surface area (Å²) in [4.78, 5) is 0. The largest absolute Gasteiger partial charge is 0.316 e. The maximum absolute atomic E-state index is 3.38. The minimum atomic E-state index is 0.967. The Hall–Kier alpha value is 0.310.